The van der Waals surface area contributed by atoms with E-state index in [0.29, 0.717) is 6.16 Å². The molecule has 4 heteroatoms. The second-order valence-corrected chi connectivity index (χ2v) is 13.1. The summed E-state index contributed by atoms with van der Waals surface area (Å²) in [6.07, 6.45) is 2.51. The molecule has 142 valence electrons. The van der Waals surface area contributed by atoms with Crippen LogP contribution < -0.4 is 15.9 Å². The number of rotatable bonds is 5. The van der Waals surface area contributed by atoms with E-state index in [0.717, 1.165) is 21.6 Å². The van der Waals surface area contributed by atoms with Gasteiger partial charge in [0.25, 0.3) is 0 Å². The van der Waals surface area contributed by atoms with Crippen LogP contribution in [0.25, 0.3) is 0 Å². The van der Waals surface area contributed by atoms with E-state index >= 15 is 0 Å². The summed E-state index contributed by atoms with van der Waals surface area (Å²) in [6, 6.07) is 37.6. The summed E-state index contributed by atoms with van der Waals surface area (Å²) in [5.74, 6) is -3.27. The van der Waals surface area contributed by atoms with Crippen molar-refractivity contribution in [1.29, 1.82) is 0 Å². The topological polar surface area (TPSA) is 12.9 Å². The first-order valence-corrected chi connectivity index (χ1v) is 12.3. The van der Waals surface area contributed by atoms with Gasteiger partial charge in [-0.2, -0.15) is 0 Å². The number of nitrogens with zero attached hydrogens (tertiary/aromatic N) is 1. The van der Waals surface area contributed by atoms with Crippen LogP contribution in [-0.2, 0) is 6.16 Å². The molecule has 0 N–H and O–H groups in total. The van der Waals surface area contributed by atoms with E-state index in [1.807, 2.05) is 36.5 Å². The molecule has 4 aromatic rings. The van der Waals surface area contributed by atoms with Crippen molar-refractivity contribution in [2.24, 2.45) is 0 Å². The van der Waals surface area contributed by atoms with Gasteiger partial charge in [0.15, 0.2) is 0 Å². The SMILES string of the molecule is Cl.ClP(Cc1ccccn1)(c1ccccc1)(c1ccccc1)c1ccccc1. The van der Waals surface area contributed by atoms with Gasteiger partial charge in [-0.15, -0.1) is 12.4 Å². The average Bonchev–Trinajstić information content (AvgIpc) is 2.76. The summed E-state index contributed by atoms with van der Waals surface area (Å²) in [5, 5.41) is 3.48. The van der Waals surface area contributed by atoms with Crippen molar-refractivity contribution in [3.8, 4) is 0 Å². The van der Waals surface area contributed by atoms with Gasteiger partial charge in [0.2, 0.25) is 0 Å². The Morgan fingerprint density at radius 1 is 0.571 bits per heavy atom. The molecule has 0 atom stereocenters. The first kappa shape index (κ1) is 20.6. The molecule has 0 unspecified atom stereocenters. The Morgan fingerprint density at radius 3 is 1.32 bits per heavy atom. The molecule has 0 spiro atoms. The zero-order chi connectivity index (χ0) is 18.6. The Hall–Kier alpha value is -2.18. The first-order chi connectivity index (χ1) is 13.2. The molecule has 1 nitrogen and oxygen atoms in total. The standard InChI is InChI=1S/C24H21ClNP.ClH/c25-27(22-13-4-1-5-14-22,23-15-6-2-7-16-23,24-17-8-3-9-18-24)20-21-12-10-11-19-26-21;/h1-19H,20H2;1H. The van der Waals surface area contributed by atoms with Crippen LogP contribution in [0.2, 0.25) is 0 Å². The number of benzene rings is 3. The van der Waals surface area contributed by atoms with Crippen LogP contribution in [0, 0.1) is 0 Å². The van der Waals surface area contributed by atoms with Crippen LogP contribution in [0.1, 0.15) is 5.69 Å². The van der Waals surface area contributed by atoms with E-state index < -0.39 is 5.96 Å². The summed E-state index contributed by atoms with van der Waals surface area (Å²) < 4.78 is 0. The summed E-state index contributed by atoms with van der Waals surface area (Å²) in [5.41, 5.74) is 1.00. The quantitative estimate of drug-likeness (QED) is 0.374. The van der Waals surface area contributed by atoms with Gasteiger partial charge in [-0.3, -0.25) is 0 Å². The third-order valence-corrected chi connectivity index (χ3v) is 12.2. The monoisotopic (exact) mass is 425 g/mol. The van der Waals surface area contributed by atoms with Gasteiger partial charge in [-0.05, 0) is 0 Å². The normalized spacial score (nSPS) is 12.4. The molecule has 0 aliphatic heterocycles. The number of hydrogen-bond acceptors (Lipinski definition) is 1. The van der Waals surface area contributed by atoms with Crippen LogP contribution >= 0.6 is 29.6 Å². The predicted octanol–water partition coefficient (Wildman–Crippen LogP) is 5.69. The van der Waals surface area contributed by atoms with Gasteiger partial charge >= 0.3 is 165 Å². The molecule has 0 radical (unpaired) electrons. The van der Waals surface area contributed by atoms with Gasteiger partial charge < -0.3 is 0 Å². The molecular formula is C24H22Cl2NP. The minimum atomic E-state index is -3.27. The van der Waals surface area contributed by atoms with E-state index in [4.69, 9.17) is 11.2 Å². The van der Waals surface area contributed by atoms with Gasteiger partial charge in [-0.25, -0.2) is 0 Å². The van der Waals surface area contributed by atoms with Crippen LogP contribution in [0.4, 0.5) is 0 Å². The summed E-state index contributed by atoms with van der Waals surface area (Å²) in [4.78, 5) is 4.63. The molecule has 0 bridgehead atoms. The van der Waals surface area contributed by atoms with Crippen molar-refractivity contribution in [3.63, 3.8) is 0 Å². The molecule has 4 rings (SSSR count). The molecule has 0 amide bonds. The van der Waals surface area contributed by atoms with Gasteiger partial charge in [-0.1, -0.05) is 0 Å². The molecular weight excluding hydrogens is 404 g/mol. The molecule has 3 aromatic carbocycles. The second kappa shape index (κ2) is 8.45. The van der Waals surface area contributed by atoms with Crippen molar-refractivity contribution in [1.82, 2.24) is 4.98 Å². The molecule has 28 heavy (non-hydrogen) atoms. The predicted molar refractivity (Wildman–Crippen MR) is 126 cm³/mol. The maximum atomic E-state index is 8.00. The van der Waals surface area contributed by atoms with Gasteiger partial charge in [0.05, 0.1) is 0 Å². The zero-order valence-electron chi connectivity index (χ0n) is 15.4. The fourth-order valence-electron chi connectivity index (χ4n) is 3.73. The van der Waals surface area contributed by atoms with Crippen LogP contribution in [0.15, 0.2) is 115 Å². The van der Waals surface area contributed by atoms with E-state index in [1.54, 1.807) is 0 Å². The maximum absolute atomic E-state index is 8.00. The molecule has 0 aliphatic rings. The van der Waals surface area contributed by atoms with E-state index in [9.17, 15) is 0 Å². The average molecular weight is 426 g/mol. The van der Waals surface area contributed by atoms with Crippen molar-refractivity contribution < 1.29 is 0 Å². The number of halogens is 2. The summed E-state index contributed by atoms with van der Waals surface area (Å²) >= 11 is 8.00. The number of pyridine rings is 1. The molecule has 1 heterocycles. The van der Waals surface area contributed by atoms with Crippen molar-refractivity contribution in [2.75, 3.05) is 0 Å². The van der Waals surface area contributed by atoms with Crippen molar-refractivity contribution >= 4 is 45.5 Å². The van der Waals surface area contributed by atoms with Crippen LogP contribution in [-0.4, -0.2) is 4.98 Å². The Bertz CT molecular complexity index is 910. The first-order valence-electron chi connectivity index (χ1n) is 9.01. The Labute approximate surface area is 177 Å². The molecule has 0 saturated heterocycles. The Kier molecular flexibility index (Phi) is 6.20. The Morgan fingerprint density at radius 2 is 0.964 bits per heavy atom. The van der Waals surface area contributed by atoms with Crippen LogP contribution in [0.3, 0.4) is 0 Å². The third-order valence-electron chi connectivity index (χ3n) is 5.07. The van der Waals surface area contributed by atoms with Crippen LogP contribution in [0.5, 0.6) is 0 Å². The van der Waals surface area contributed by atoms with E-state index in [1.165, 1.54) is 0 Å². The summed E-state index contributed by atoms with van der Waals surface area (Å²) in [7, 11) is 0. The van der Waals surface area contributed by atoms with Gasteiger partial charge in [0, 0.05) is 0 Å². The number of aromatic nitrogens is 1. The fourth-order valence-corrected chi connectivity index (χ4v) is 9.73. The fraction of sp³-hybridized carbons (Fsp3) is 0.0417. The molecule has 0 aliphatic carbocycles. The third kappa shape index (κ3) is 3.47. The number of hydrogen-bond donors (Lipinski definition) is 0. The zero-order valence-corrected chi connectivity index (χ0v) is 17.8. The second-order valence-electron chi connectivity index (χ2n) is 6.67. The molecule has 0 saturated carbocycles. The minimum absolute atomic E-state index is 0. The van der Waals surface area contributed by atoms with Gasteiger partial charge in [0.1, 0.15) is 0 Å². The van der Waals surface area contributed by atoms with E-state index in [2.05, 4.69) is 83.8 Å². The molecule has 0 fully saturated rings. The summed E-state index contributed by atoms with van der Waals surface area (Å²) in [6.45, 7) is 0. The Balaban J connectivity index is 0.00000225. The van der Waals surface area contributed by atoms with Crippen molar-refractivity contribution in [2.45, 2.75) is 6.16 Å². The molecule has 1 aromatic heterocycles. The van der Waals surface area contributed by atoms with Crippen molar-refractivity contribution in [3.05, 3.63) is 121 Å². The van der Waals surface area contributed by atoms with E-state index in [-0.39, 0.29) is 12.4 Å².